The first-order valence-electron chi connectivity index (χ1n) is 11.9. The molecule has 36 heavy (non-hydrogen) atoms. The molecule has 2 aromatic carbocycles. The van der Waals surface area contributed by atoms with E-state index in [0.29, 0.717) is 34.7 Å². The van der Waals surface area contributed by atoms with Gasteiger partial charge in [0.1, 0.15) is 28.3 Å². The summed E-state index contributed by atoms with van der Waals surface area (Å²) in [6.45, 7) is 7.94. The molecule has 0 radical (unpaired) electrons. The molecule has 8 heteroatoms. The topological polar surface area (TPSA) is 77.7 Å². The third-order valence-corrected chi connectivity index (χ3v) is 7.66. The quantitative estimate of drug-likeness (QED) is 0.307. The zero-order valence-corrected chi connectivity index (χ0v) is 20.9. The standard InChI is InChI=1S/C28H25N3O4S/c1-17-18(2)36-28-25(17)27(29-24(30-28)15-31-10-12-33-13-11-31)35-20-8-9-21-23(14-20)34-16-22(26(21)32)19-6-4-3-5-7-19/h3-9,14,16H,10-13,15H2,1-2H3. The summed E-state index contributed by atoms with van der Waals surface area (Å²) < 4.78 is 17.7. The molecule has 0 saturated carbocycles. The van der Waals surface area contributed by atoms with E-state index in [2.05, 4.69) is 18.7 Å². The second-order valence-corrected chi connectivity index (χ2v) is 10.1. The Morgan fingerprint density at radius 1 is 1.06 bits per heavy atom. The summed E-state index contributed by atoms with van der Waals surface area (Å²) in [6.07, 6.45) is 1.51. The summed E-state index contributed by atoms with van der Waals surface area (Å²) >= 11 is 1.65. The number of aryl methyl sites for hydroxylation is 2. The van der Waals surface area contributed by atoms with E-state index in [4.69, 9.17) is 23.9 Å². The number of nitrogens with zero attached hydrogens (tertiary/aromatic N) is 3. The lowest BCUT2D eigenvalue weighted by Crippen LogP contribution is -2.36. The minimum absolute atomic E-state index is 0.0736. The molecule has 0 atom stereocenters. The van der Waals surface area contributed by atoms with Gasteiger partial charge in [0, 0.05) is 24.0 Å². The summed E-state index contributed by atoms with van der Waals surface area (Å²) in [5.74, 6) is 1.80. The maximum atomic E-state index is 13.1. The van der Waals surface area contributed by atoms with Crippen molar-refractivity contribution in [2.75, 3.05) is 26.3 Å². The van der Waals surface area contributed by atoms with Crippen LogP contribution in [0.15, 0.2) is 64.0 Å². The van der Waals surface area contributed by atoms with E-state index in [0.717, 1.165) is 53.5 Å². The van der Waals surface area contributed by atoms with Crippen molar-refractivity contribution >= 4 is 32.5 Å². The van der Waals surface area contributed by atoms with Gasteiger partial charge in [0.2, 0.25) is 5.88 Å². The number of rotatable bonds is 5. The largest absolute Gasteiger partial charge is 0.463 e. The fourth-order valence-electron chi connectivity index (χ4n) is 4.46. The van der Waals surface area contributed by atoms with Crippen LogP contribution in [-0.2, 0) is 11.3 Å². The van der Waals surface area contributed by atoms with Crippen molar-refractivity contribution < 1.29 is 13.9 Å². The van der Waals surface area contributed by atoms with Crippen LogP contribution in [0.5, 0.6) is 11.6 Å². The summed E-state index contributed by atoms with van der Waals surface area (Å²) in [7, 11) is 0. The number of morpholine rings is 1. The fourth-order valence-corrected chi connectivity index (χ4v) is 5.50. The van der Waals surface area contributed by atoms with Crippen LogP contribution in [0.1, 0.15) is 16.3 Å². The van der Waals surface area contributed by atoms with Gasteiger partial charge in [-0.2, -0.15) is 4.98 Å². The Kier molecular flexibility index (Phi) is 6.00. The summed E-state index contributed by atoms with van der Waals surface area (Å²) in [5, 5.41) is 1.43. The first-order chi connectivity index (χ1) is 17.6. The molecular formula is C28H25N3O4S. The lowest BCUT2D eigenvalue weighted by Gasteiger charge is -2.25. The molecule has 0 aliphatic carbocycles. The Hall–Kier alpha value is -3.59. The average Bonchev–Trinajstić information content (AvgIpc) is 3.18. The Morgan fingerprint density at radius 3 is 2.67 bits per heavy atom. The number of aromatic nitrogens is 2. The molecule has 182 valence electrons. The van der Waals surface area contributed by atoms with Crippen LogP contribution < -0.4 is 10.2 Å². The summed E-state index contributed by atoms with van der Waals surface area (Å²) in [5.41, 5.74) is 2.87. The number of ether oxygens (including phenoxy) is 2. The second kappa shape index (κ2) is 9.46. The van der Waals surface area contributed by atoms with E-state index in [9.17, 15) is 4.79 Å². The van der Waals surface area contributed by atoms with Crippen LogP contribution in [0.4, 0.5) is 0 Å². The van der Waals surface area contributed by atoms with Gasteiger partial charge >= 0.3 is 0 Å². The van der Waals surface area contributed by atoms with E-state index in [1.807, 2.05) is 30.3 Å². The molecular weight excluding hydrogens is 474 g/mol. The highest BCUT2D eigenvalue weighted by molar-refractivity contribution is 7.18. The van der Waals surface area contributed by atoms with E-state index in [-0.39, 0.29) is 5.43 Å². The molecule has 0 spiro atoms. The van der Waals surface area contributed by atoms with Crippen molar-refractivity contribution in [3.05, 3.63) is 81.3 Å². The summed E-state index contributed by atoms with van der Waals surface area (Å²) in [6, 6.07) is 14.8. The fraction of sp³-hybridized carbons (Fsp3) is 0.250. The zero-order valence-electron chi connectivity index (χ0n) is 20.1. The lowest BCUT2D eigenvalue weighted by atomic mass is 10.1. The molecule has 3 aromatic heterocycles. The van der Waals surface area contributed by atoms with Crippen LogP contribution in [0.3, 0.4) is 0 Å². The third-order valence-electron chi connectivity index (χ3n) is 6.56. The molecule has 0 amide bonds. The molecule has 4 heterocycles. The van der Waals surface area contributed by atoms with Gasteiger partial charge in [0.15, 0.2) is 5.43 Å². The second-order valence-electron chi connectivity index (χ2n) is 8.90. The number of fused-ring (bicyclic) bond motifs is 2. The number of hydrogen-bond acceptors (Lipinski definition) is 8. The minimum Gasteiger partial charge on any atom is -0.463 e. The van der Waals surface area contributed by atoms with E-state index in [1.54, 1.807) is 29.5 Å². The Balaban J connectivity index is 1.37. The predicted molar refractivity (Wildman–Crippen MR) is 141 cm³/mol. The van der Waals surface area contributed by atoms with Crippen molar-refractivity contribution in [1.82, 2.24) is 14.9 Å². The van der Waals surface area contributed by atoms with E-state index >= 15 is 0 Å². The molecule has 1 fully saturated rings. The van der Waals surface area contributed by atoms with Crippen molar-refractivity contribution in [1.29, 1.82) is 0 Å². The van der Waals surface area contributed by atoms with Crippen molar-refractivity contribution in [2.45, 2.75) is 20.4 Å². The molecule has 0 unspecified atom stereocenters. The molecule has 0 bridgehead atoms. The summed E-state index contributed by atoms with van der Waals surface area (Å²) in [4.78, 5) is 27.2. The highest BCUT2D eigenvalue weighted by Crippen LogP contribution is 2.37. The van der Waals surface area contributed by atoms with Gasteiger partial charge < -0.3 is 13.9 Å². The predicted octanol–water partition coefficient (Wildman–Crippen LogP) is 5.71. The SMILES string of the molecule is Cc1sc2nc(CN3CCOCC3)nc(Oc3ccc4c(=O)c(-c5ccccc5)coc4c3)c2c1C. The van der Waals surface area contributed by atoms with E-state index < -0.39 is 0 Å². The third kappa shape index (κ3) is 4.28. The zero-order chi connectivity index (χ0) is 24.6. The molecule has 0 N–H and O–H groups in total. The molecule has 6 rings (SSSR count). The van der Waals surface area contributed by atoms with Crippen LogP contribution in [0, 0.1) is 13.8 Å². The van der Waals surface area contributed by atoms with Crippen molar-refractivity contribution in [2.24, 2.45) is 0 Å². The van der Waals surface area contributed by atoms with Gasteiger partial charge in [-0.1, -0.05) is 30.3 Å². The first kappa shape index (κ1) is 22.8. The van der Waals surface area contributed by atoms with Crippen LogP contribution >= 0.6 is 11.3 Å². The number of thiophene rings is 1. The van der Waals surface area contributed by atoms with Gasteiger partial charge in [0.05, 0.1) is 36.1 Å². The van der Waals surface area contributed by atoms with Crippen molar-refractivity contribution in [3.63, 3.8) is 0 Å². The Morgan fingerprint density at radius 2 is 1.86 bits per heavy atom. The first-order valence-corrected chi connectivity index (χ1v) is 12.7. The number of benzene rings is 2. The highest BCUT2D eigenvalue weighted by Gasteiger charge is 2.19. The normalized spacial score (nSPS) is 14.5. The van der Waals surface area contributed by atoms with Crippen LogP contribution in [-0.4, -0.2) is 41.2 Å². The maximum Gasteiger partial charge on any atom is 0.231 e. The van der Waals surface area contributed by atoms with Gasteiger partial charge in [-0.15, -0.1) is 11.3 Å². The highest BCUT2D eigenvalue weighted by atomic mass is 32.1. The molecule has 5 aromatic rings. The smallest absolute Gasteiger partial charge is 0.231 e. The van der Waals surface area contributed by atoms with Gasteiger partial charge in [-0.3, -0.25) is 9.69 Å². The van der Waals surface area contributed by atoms with Gasteiger partial charge in [0.25, 0.3) is 0 Å². The van der Waals surface area contributed by atoms with Crippen LogP contribution in [0.25, 0.3) is 32.3 Å². The molecule has 1 aliphatic rings. The molecule has 1 saturated heterocycles. The average molecular weight is 500 g/mol. The van der Waals surface area contributed by atoms with Crippen molar-refractivity contribution in [3.8, 4) is 22.8 Å². The van der Waals surface area contributed by atoms with Gasteiger partial charge in [-0.25, -0.2) is 4.98 Å². The van der Waals surface area contributed by atoms with Gasteiger partial charge in [-0.05, 0) is 37.1 Å². The Labute approximate surface area is 211 Å². The molecule has 7 nitrogen and oxygen atoms in total. The monoisotopic (exact) mass is 499 g/mol. The number of hydrogen-bond donors (Lipinski definition) is 0. The maximum absolute atomic E-state index is 13.1. The lowest BCUT2D eigenvalue weighted by molar-refractivity contribution is 0.0330. The minimum atomic E-state index is -0.0736. The van der Waals surface area contributed by atoms with E-state index in [1.165, 1.54) is 11.1 Å². The Bertz CT molecular complexity index is 1620. The molecule has 1 aliphatic heterocycles. The van der Waals surface area contributed by atoms with Crippen LogP contribution in [0.2, 0.25) is 0 Å².